The number of pyridine rings is 1. The van der Waals surface area contributed by atoms with Gasteiger partial charge < -0.3 is 4.74 Å². The lowest BCUT2D eigenvalue weighted by Gasteiger charge is -2.09. The number of hydrogen-bond acceptors (Lipinski definition) is 2. The molecule has 0 bridgehead atoms. The van der Waals surface area contributed by atoms with E-state index in [-0.39, 0.29) is 12.5 Å². The molecule has 0 aromatic carbocycles. The third-order valence-corrected chi connectivity index (χ3v) is 1.79. The van der Waals surface area contributed by atoms with Gasteiger partial charge in [-0.05, 0) is 25.5 Å². The van der Waals surface area contributed by atoms with E-state index in [2.05, 4.69) is 4.98 Å². The standard InChI is InChI=1S/C10H12F3NO/c1-7-5-8(2)9(14-6-7)15-4-3-10(11,12)13/h5-6H,3-4H2,1-2H3. The SMILES string of the molecule is Cc1cnc(OCCC(F)(F)F)c(C)c1. The Labute approximate surface area is 86.1 Å². The first-order valence-electron chi connectivity index (χ1n) is 4.51. The van der Waals surface area contributed by atoms with Gasteiger partial charge in [0, 0.05) is 11.8 Å². The molecule has 1 rings (SSSR count). The topological polar surface area (TPSA) is 22.1 Å². The summed E-state index contributed by atoms with van der Waals surface area (Å²) in [5.41, 5.74) is 1.70. The third kappa shape index (κ3) is 4.18. The second-order valence-electron chi connectivity index (χ2n) is 3.35. The van der Waals surface area contributed by atoms with Crippen molar-refractivity contribution in [2.24, 2.45) is 0 Å². The van der Waals surface area contributed by atoms with Gasteiger partial charge in [0.05, 0.1) is 13.0 Å². The van der Waals surface area contributed by atoms with Crippen LogP contribution in [0.4, 0.5) is 13.2 Å². The zero-order valence-electron chi connectivity index (χ0n) is 8.56. The van der Waals surface area contributed by atoms with E-state index in [0.29, 0.717) is 0 Å². The fraction of sp³-hybridized carbons (Fsp3) is 0.500. The highest BCUT2D eigenvalue weighted by Gasteiger charge is 2.26. The molecule has 0 aliphatic carbocycles. The molecule has 0 saturated carbocycles. The van der Waals surface area contributed by atoms with Crippen molar-refractivity contribution in [2.45, 2.75) is 26.4 Å². The van der Waals surface area contributed by atoms with Crippen LogP contribution in [0.25, 0.3) is 0 Å². The first kappa shape index (κ1) is 11.8. The van der Waals surface area contributed by atoms with E-state index in [1.165, 1.54) is 0 Å². The molecule has 1 aromatic rings. The summed E-state index contributed by atoms with van der Waals surface area (Å²) >= 11 is 0. The Hall–Kier alpha value is -1.26. The fourth-order valence-electron chi connectivity index (χ4n) is 1.12. The van der Waals surface area contributed by atoms with Crippen LogP contribution in [0.1, 0.15) is 17.5 Å². The minimum absolute atomic E-state index is 0.268. The second-order valence-corrected chi connectivity index (χ2v) is 3.35. The van der Waals surface area contributed by atoms with Crippen molar-refractivity contribution in [1.82, 2.24) is 4.98 Å². The van der Waals surface area contributed by atoms with Gasteiger partial charge in [-0.3, -0.25) is 0 Å². The van der Waals surface area contributed by atoms with Crippen molar-refractivity contribution in [1.29, 1.82) is 0 Å². The Morgan fingerprint density at radius 2 is 2.00 bits per heavy atom. The highest BCUT2D eigenvalue weighted by Crippen LogP contribution is 2.21. The normalized spacial score (nSPS) is 11.5. The van der Waals surface area contributed by atoms with Crippen LogP contribution in [-0.2, 0) is 0 Å². The highest BCUT2D eigenvalue weighted by molar-refractivity contribution is 5.27. The fourth-order valence-corrected chi connectivity index (χ4v) is 1.12. The maximum absolute atomic E-state index is 11.8. The third-order valence-electron chi connectivity index (χ3n) is 1.79. The summed E-state index contributed by atoms with van der Waals surface area (Å²) in [4.78, 5) is 3.91. The summed E-state index contributed by atoms with van der Waals surface area (Å²) in [6.07, 6.45) is -3.57. The Morgan fingerprint density at radius 1 is 1.33 bits per heavy atom. The molecular formula is C10H12F3NO. The number of aromatic nitrogens is 1. The summed E-state index contributed by atoms with van der Waals surface area (Å²) in [6, 6.07) is 1.82. The number of rotatable bonds is 3. The smallest absolute Gasteiger partial charge is 0.392 e. The first-order chi connectivity index (χ1) is 6.88. The van der Waals surface area contributed by atoms with Gasteiger partial charge in [0.2, 0.25) is 5.88 Å². The quantitative estimate of drug-likeness (QED) is 0.779. The van der Waals surface area contributed by atoms with Crippen molar-refractivity contribution in [3.8, 4) is 5.88 Å². The van der Waals surface area contributed by atoms with Crippen molar-refractivity contribution in [3.05, 3.63) is 23.4 Å². The molecule has 0 atom stereocenters. The van der Waals surface area contributed by atoms with E-state index in [1.807, 2.05) is 13.0 Å². The zero-order chi connectivity index (χ0) is 11.5. The second kappa shape index (κ2) is 4.51. The predicted molar refractivity (Wildman–Crippen MR) is 49.9 cm³/mol. The van der Waals surface area contributed by atoms with E-state index in [9.17, 15) is 13.2 Å². The Morgan fingerprint density at radius 3 is 2.53 bits per heavy atom. The van der Waals surface area contributed by atoms with E-state index >= 15 is 0 Å². The van der Waals surface area contributed by atoms with Gasteiger partial charge in [-0.15, -0.1) is 0 Å². The van der Waals surface area contributed by atoms with Crippen LogP contribution < -0.4 is 4.74 Å². The maximum atomic E-state index is 11.8. The summed E-state index contributed by atoms with van der Waals surface area (Å²) in [7, 11) is 0. The molecule has 1 aromatic heterocycles. The molecule has 0 unspecified atom stereocenters. The van der Waals surface area contributed by atoms with Crippen LogP contribution in [0, 0.1) is 13.8 Å². The highest BCUT2D eigenvalue weighted by atomic mass is 19.4. The molecule has 0 spiro atoms. The molecule has 15 heavy (non-hydrogen) atoms. The summed E-state index contributed by atoms with van der Waals surface area (Å²) in [5.74, 6) is 0.268. The predicted octanol–water partition coefficient (Wildman–Crippen LogP) is 3.03. The van der Waals surface area contributed by atoms with Gasteiger partial charge in [-0.1, -0.05) is 0 Å². The van der Waals surface area contributed by atoms with Crippen LogP contribution in [0.5, 0.6) is 5.88 Å². The van der Waals surface area contributed by atoms with Gasteiger partial charge in [0.15, 0.2) is 0 Å². The van der Waals surface area contributed by atoms with Crippen LogP contribution in [-0.4, -0.2) is 17.8 Å². The first-order valence-corrected chi connectivity index (χ1v) is 4.51. The summed E-state index contributed by atoms with van der Waals surface area (Å²) in [5, 5.41) is 0. The minimum Gasteiger partial charge on any atom is -0.477 e. The average Bonchev–Trinajstić information content (AvgIpc) is 2.07. The van der Waals surface area contributed by atoms with E-state index in [0.717, 1.165) is 11.1 Å². The summed E-state index contributed by atoms with van der Waals surface area (Å²) in [6.45, 7) is 3.23. The Bertz CT molecular complexity index is 336. The largest absolute Gasteiger partial charge is 0.477 e. The molecule has 84 valence electrons. The number of nitrogens with zero attached hydrogens (tertiary/aromatic N) is 1. The molecule has 0 radical (unpaired) electrons. The molecule has 1 heterocycles. The Balaban J connectivity index is 2.51. The summed E-state index contributed by atoms with van der Waals surface area (Å²) < 4.78 is 40.4. The van der Waals surface area contributed by atoms with E-state index in [4.69, 9.17) is 4.74 Å². The van der Waals surface area contributed by atoms with Gasteiger partial charge in [-0.25, -0.2) is 4.98 Å². The van der Waals surface area contributed by atoms with Gasteiger partial charge in [-0.2, -0.15) is 13.2 Å². The minimum atomic E-state index is -4.18. The molecule has 0 amide bonds. The number of ether oxygens (including phenoxy) is 1. The molecule has 0 N–H and O–H groups in total. The van der Waals surface area contributed by atoms with Crippen molar-refractivity contribution in [2.75, 3.05) is 6.61 Å². The molecule has 5 heteroatoms. The van der Waals surface area contributed by atoms with Gasteiger partial charge >= 0.3 is 6.18 Å². The number of hydrogen-bond donors (Lipinski definition) is 0. The molecule has 2 nitrogen and oxygen atoms in total. The van der Waals surface area contributed by atoms with E-state index in [1.54, 1.807) is 13.1 Å². The maximum Gasteiger partial charge on any atom is 0.392 e. The lowest BCUT2D eigenvalue weighted by Crippen LogP contribution is -2.13. The van der Waals surface area contributed by atoms with Crippen LogP contribution in [0.3, 0.4) is 0 Å². The number of halogens is 3. The lowest BCUT2D eigenvalue weighted by atomic mass is 10.2. The van der Waals surface area contributed by atoms with Crippen molar-refractivity contribution >= 4 is 0 Å². The molecular weight excluding hydrogens is 207 g/mol. The molecule has 0 aliphatic heterocycles. The lowest BCUT2D eigenvalue weighted by molar-refractivity contribution is -0.139. The monoisotopic (exact) mass is 219 g/mol. The van der Waals surface area contributed by atoms with Crippen LogP contribution >= 0.6 is 0 Å². The van der Waals surface area contributed by atoms with Crippen molar-refractivity contribution < 1.29 is 17.9 Å². The van der Waals surface area contributed by atoms with Crippen LogP contribution in [0.15, 0.2) is 12.3 Å². The van der Waals surface area contributed by atoms with Crippen molar-refractivity contribution in [3.63, 3.8) is 0 Å². The number of alkyl halides is 3. The molecule has 0 fully saturated rings. The van der Waals surface area contributed by atoms with Gasteiger partial charge in [0.1, 0.15) is 0 Å². The average molecular weight is 219 g/mol. The molecule has 0 saturated heterocycles. The zero-order valence-corrected chi connectivity index (χ0v) is 8.56. The van der Waals surface area contributed by atoms with E-state index < -0.39 is 12.6 Å². The number of aryl methyl sites for hydroxylation is 2. The van der Waals surface area contributed by atoms with Gasteiger partial charge in [0.25, 0.3) is 0 Å². The Kier molecular flexibility index (Phi) is 3.55. The van der Waals surface area contributed by atoms with Crippen LogP contribution in [0.2, 0.25) is 0 Å². The molecule has 0 aliphatic rings.